The second kappa shape index (κ2) is 9.92. The van der Waals surface area contributed by atoms with Crippen molar-refractivity contribution in [1.82, 2.24) is 15.1 Å². The first-order chi connectivity index (χ1) is 14.4. The van der Waals surface area contributed by atoms with Gasteiger partial charge in [0.1, 0.15) is 5.75 Å². The molecule has 3 atom stereocenters. The highest BCUT2D eigenvalue weighted by molar-refractivity contribution is 5.94. The summed E-state index contributed by atoms with van der Waals surface area (Å²) < 4.78 is 0. The van der Waals surface area contributed by atoms with E-state index in [-0.39, 0.29) is 17.7 Å². The Balaban J connectivity index is 2.01. The van der Waals surface area contributed by atoms with E-state index in [0.717, 1.165) is 30.8 Å². The fourth-order valence-corrected chi connectivity index (χ4v) is 4.39. The minimum atomic E-state index is -0.0637. The third-order valence-electron chi connectivity index (χ3n) is 5.85. The lowest BCUT2D eigenvalue weighted by atomic mass is 9.92. The number of hydrogen-bond donors (Lipinski definition) is 2. The molecule has 30 heavy (non-hydrogen) atoms. The van der Waals surface area contributed by atoms with Crippen LogP contribution in [-0.2, 0) is 0 Å². The highest BCUT2D eigenvalue weighted by atomic mass is 16.3. The van der Waals surface area contributed by atoms with Crippen LogP contribution in [0.15, 0.2) is 61.2 Å². The molecule has 0 unspecified atom stereocenters. The Labute approximate surface area is 180 Å². The molecule has 1 aliphatic heterocycles. The van der Waals surface area contributed by atoms with E-state index in [1.54, 1.807) is 6.07 Å². The van der Waals surface area contributed by atoms with E-state index in [2.05, 4.69) is 47.7 Å². The van der Waals surface area contributed by atoms with Gasteiger partial charge in [0.2, 0.25) is 0 Å². The third-order valence-corrected chi connectivity index (χ3v) is 5.85. The Morgan fingerprint density at radius 1 is 1.17 bits per heavy atom. The molecule has 2 N–H and O–H groups in total. The fourth-order valence-electron chi connectivity index (χ4n) is 4.39. The normalized spacial score (nSPS) is 21.2. The number of carbonyl (C=O) groups is 1. The number of aromatic hydroxyl groups is 1. The van der Waals surface area contributed by atoms with E-state index in [0.29, 0.717) is 24.2 Å². The molecule has 0 aromatic heterocycles. The minimum Gasteiger partial charge on any atom is -0.508 e. The molecule has 1 heterocycles. The molecule has 5 heteroatoms. The monoisotopic (exact) mass is 407 g/mol. The molecule has 1 fully saturated rings. The third kappa shape index (κ3) is 4.91. The van der Waals surface area contributed by atoms with Crippen molar-refractivity contribution in [3.05, 3.63) is 77.9 Å². The zero-order chi connectivity index (χ0) is 21.7. The lowest BCUT2D eigenvalue weighted by Gasteiger charge is -2.47. The molecule has 3 rings (SSSR count). The molecule has 1 saturated heterocycles. The number of amides is 1. The van der Waals surface area contributed by atoms with Gasteiger partial charge in [0.15, 0.2) is 0 Å². The number of nitrogens with one attached hydrogen (secondary N) is 1. The number of nitrogens with zero attached hydrogens (tertiary/aromatic N) is 2. The second-order valence-electron chi connectivity index (χ2n) is 8.12. The number of phenols is 1. The van der Waals surface area contributed by atoms with Crippen LogP contribution >= 0.6 is 0 Å². The summed E-state index contributed by atoms with van der Waals surface area (Å²) in [7, 11) is 0. The van der Waals surface area contributed by atoms with E-state index >= 15 is 0 Å². The molecule has 0 aliphatic carbocycles. The Bertz CT molecular complexity index is 882. The lowest BCUT2D eigenvalue weighted by molar-refractivity contribution is 0.0306. The number of phenolic OH excluding ortho intramolecular Hbond substituents is 1. The number of hydrogen-bond acceptors (Lipinski definition) is 4. The maximum absolute atomic E-state index is 12.4. The maximum atomic E-state index is 12.4. The summed E-state index contributed by atoms with van der Waals surface area (Å²) in [5, 5.41) is 13.0. The number of rotatable bonds is 7. The molecule has 1 amide bonds. The number of carbonyl (C=O) groups excluding carboxylic acids is 1. The minimum absolute atomic E-state index is 0.0465. The molecule has 0 bridgehead atoms. The van der Waals surface area contributed by atoms with Crippen LogP contribution < -0.4 is 5.32 Å². The van der Waals surface area contributed by atoms with Crippen molar-refractivity contribution in [2.24, 2.45) is 0 Å². The van der Waals surface area contributed by atoms with E-state index in [1.165, 1.54) is 0 Å². The highest BCUT2D eigenvalue weighted by Crippen LogP contribution is 2.34. The number of piperazine rings is 1. The van der Waals surface area contributed by atoms with Gasteiger partial charge >= 0.3 is 0 Å². The van der Waals surface area contributed by atoms with Gasteiger partial charge in [-0.1, -0.05) is 30.3 Å². The Morgan fingerprint density at radius 3 is 2.53 bits per heavy atom. The summed E-state index contributed by atoms with van der Waals surface area (Å²) in [5.74, 6) is 0.189. The van der Waals surface area contributed by atoms with Gasteiger partial charge in [-0.05, 0) is 56.2 Å². The summed E-state index contributed by atoms with van der Waals surface area (Å²) in [6.45, 7) is 13.6. The predicted octanol–water partition coefficient (Wildman–Crippen LogP) is 3.81. The zero-order valence-electron chi connectivity index (χ0n) is 18.2. The molecule has 0 spiro atoms. The smallest absolute Gasteiger partial charge is 0.251 e. The van der Waals surface area contributed by atoms with Crippen LogP contribution in [0.2, 0.25) is 0 Å². The first-order valence-corrected chi connectivity index (χ1v) is 10.7. The van der Waals surface area contributed by atoms with Crippen LogP contribution in [0.4, 0.5) is 0 Å². The van der Waals surface area contributed by atoms with Crippen LogP contribution in [0, 0.1) is 0 Å². The average Bonchev–Trinajstić information content (AvgIpc) is 2.72. The van der Waals surface area contributed by atoms with Crippen molar-refractivity contribution in [2.45, 2.75) is 38.9 Å². The maximum Gasteiger partial charge on any atom is 0.251 e. The van der Waals surface area contributed by atoms with E-state index in [9.17, 15) is 9.90 Å². The largest absolute Gasteiger partial charge is 0.508 e. The molecule has 2 aromatic rings. The van der Waals surface area contributed by atoms with Gasteiger partial charge in [-0.25, -0.2) is 0 Å². The quantitative estimate of drug-likeness (QED) is 0.686. The predicted molar refractivity (Wildman–Crippen MR) is 122 cm³/mol. The van der Waals surface area contributed by atoms with Gasteiger partial charge in [-0.2, -0.15) is 0 Å². The molecular formula is C25H33N3O2. The Kier molecular flexibility index (Phi) is 7.29. The van der Waals surface area contributed by atoms with E-state index in [4.69, 9.17) is 0 Å². The van der Waals surface area contributed by atoms with Crippen molar-refractivity contribution >= 4 is 5.91 Å². The Morgan fingerprint density at radius 2 is 1.87 bits per heavy atom. The van der Waals surface area contributed by atoms with Gasteiger partial charge in [-0.15, -0.1) is 6.58 Å². The molecule has 0 saturated carbocycles. The second-order valence-corrected chi connectivity index (χ2v) is 8.12. The lowest BCUT2D eigenvalue weighted by Crippen LogP contribution is -2.57. The molecule has 2 aromatic carbocycles. The topological polar surface area (TPSA) is 55.8 Å². The van der Waals surface area contributed by atoms with Crippen LogP contribution in [0.5, 0.6) is 5.75 Å². The van der Waals surface area contributed by atoms with Gasteiger partial charge < -0.3 is 10.4 Å². The Hall–Kier alpha value is -2.63. The molecule has 1 aliphatic rings. The molecule has 160 valence electrons. The first kappa shape index (κ1) is 22.1. The number of benzene rings is 2. The van der Waals surface area contributed by atoms with Gasteiger partial charge in [0.05, 0.1) is 6.04 Å². The molecular weight excluding hydrogens is 374 g/mol. The van der Waals surface area contributed by atoms with Crippen LogP contribution in [0.3, 0.4) is 0 Å². The standard InChI is InChI=1S/C25H33N3O2/c1-5-13-27-16-19(4)28(17-18(27)3)24(21-10-8-12-23(29)15-21)20-9-7-11-22(14-20)25(30)26-6-2/h5,7-12,14-15,18-19,24,29H,1,6,13,16-17H2,2-4H3,(H,26,30)/t18-,19+,24-/m1/s1. The highest BCUT2D eigenvalue weighted by Gasteiger charge is 2.34. The summed E-state index contributed by atoms with van der Waals surface area (Å²) in [4.78, 5) is 17.4. The fraction of sp³-hybridized carbons (Fsp3) is 0.400. The van der Waals surface area contributed by atoms with Crippen LogP contribution in [0.1, 0.15) is 48.3 Å². The zero-order valence-corrected chi connectivity index (χ0v) is 18.2. The summed E-state index contributed by atoms with van der Waals surface area (Å²) in [5.41, 5.74) is 2.74. The van der Waals surface area contributed by atoms with Crippen molar-refractivity contribution in [2.75, 3.05) is 26.2 Å². The van der Waals surface area contributed by atoms with Crippen molar-refractivity contribution in [1.29, 1.82) is 0 Å². The average molecular weight is 408 g/mol. The van der Waals surface area contributed by atoms with Gasteiger partial charge in [0, 0.05) is 43.8 Å². The van der Waals surface area contributed by atoms with Gasteiger partial charge in [0.25, 0.3) is 5.91 Å². The van der Waals surface area contributed by atoms with Gasteiger partial charge in [-0.3, -0.25) is 14.6 Å². The van der Waals surface area contributed by atoms with Crippen molar-refractivity contribution in [3.8, 4) is 5.75 Å². The first-order valence-electron chi connectivity index (χ1n) is 10.7. The van der Waals surface area contributed by atoms with Crippen LogP contribution in [0.25, 0.3) is 0 Å². The van der Waals surface area contributed by atoms with Crippen LogP contribution in [-0.4, -0.2) is 59.1 Å². The summed E-state index contributed by atoms with van der Waals surface area (Å²) in [6, 6.07) is 15.9. The van der Waals surface area contributed by atoms with Crippen molar-refractivity contribution < 1.29 is 9.90 Å². The van der Waals surface area contributed by atoms with Crippen molar-refractivity contribution in [3.63, 3.8) is 0 Å². The molecule has 0 radical (unpaired) electrons. The molecule has 5 nitrogen and oxygen atoms in total. The summed E-state index contributed by atoms with van der Waals surface area (Å²) >= 11 is 0. The summed E-state index contributed by atoms with van der Waals surface area (Å²) in [6.07, 6.45) is 1.96. The van der Waals surface area contributed by atoms with E-state index in [1.807, 2.05) is 43.3 Å². The SMILES string of the molecule is C=CCN1C[C@H](C)N([C@@H](c2cccc(O)c2)c2cccc(C(=O)NCC)c2)C[C@H]1C. The van der Waals surface area contributed by atoms with E-state index < -0.39 is 0 Å².